The molecule has 1 fully saturated rings. The molecule has 1 aromatic heterocycles. The molecule has 0 bridgehead atoms. The molecule has 2 aromatic rings. The molecular formula is C16H16F2N4O. The van der Waals surface area contributed by atoms with Crippen molar-refractivity contribution >= 4 is 11.9 Å². The molecule has 0 unspecified atom stereocenters. The standard InChI is InChI=1S/C16H16F2N4O/c17-16(18)4-6-22(7-5-16)14(23)12-3-1-2-11(8-12)13-9-20-15(19)21-10-13/h1-3,8-10H,4-7H2,(H2,19,20,21). The average molecular weight is 318 g/mol. The summed E-state index contributed by atoms with van der Waals surface area (Å²) in [5, 5.41) is 0. The van der Waals surface area contributed by atoms with Crippen molar-refractivity contribution in [2.24, 2.45) is 0 Å². The summed E-state index contributed by atoms with van der Waals surface area (Å²) in [7, 11) is 0. The zero-order chi connectivity index (χ0) is 16.4. The van der Waals surface area contributed by atoms with Crippen LogP contribution in [0.3, 0.4) is 0 Å². The van der Waals surface area contributed by atoms with Crippen molar-refractivity contribution in [1.29, 1.82) is 0 Å². The van der Waals surface area contributed by atoms with E-state index in [1.165, 1.54) is 4.90 Å². The first-order chi connectivity index (χ1) is 10.9. The second kappa shape index (κ2) is 5.91. The summed E-state index contributed by atoms with van der Waals surface area (Å²) in [6.07, 6.45) is 2.58. The minimum absolute atomic E-state index is 0.0705. The fourth-order valence-electron chi connectivity index (χ4n) is 2.54. The average Bonchev–Trinajstić information content (AvgIpc) is 2.55. The molecule has 1 aliphatic rings. The van der Waals surface area contributed by atoms with Gasteiger partial charge >= 0.3 is 0 Å². The van der Waals surface area contributed by atoms with Crippen LogP contribution >= 0.6 is 0 Å². The van der Waals surface area contributed by atoms with Crippen molar-refractivity contribution in [1.82, 2.24) is 14.9 Å². The Morgan fingerprint density at radius 2 is 1.78 bits per heavy atom. The van der Waals surface area contributed by atoms with Crippen molar-refractivity contribution in [3.8, 4) is 11.1 Å². The Morgan fingerprint density at radius 1 is 1.13 bits per heavy atom. The van der Waals surface area contributed by atoms with Gasteiger partial charge in [0.15, 0.2) is 0 Å². The second-order valence-corrected chi connectivity index (χ2v) is 5.56. The molecule has 1 amide bonds. The van der Waals surface area contributed by atoms with E-state index in [-0.39, 0.29) is 37.8 Å². The SMILES string of the molecule is Nc1ncc(-c2cccc(C(=O)N3CCC(F)(F)CC3)c2)cn1. The van der Waals surface area contributed by atoms with Gasteiger partial charge in [-0.25, -0.2) is 18.7 Å². The Kier molecular flexibility index (Phi) is 3.94. The summed E-state index contributed by atoms with van der Waals surface area (Å²) in [6, 6.07) is 6.97. The molecule has 1 aliphatic heterocycles. The van der Waals surface area contributed by atoms with Gasteiger partial charge in [0.2, 0.25) is 5.95 Å². The van der Waals surface area contributed by atoms with E-state index in [9.17, 15) is 13.6 Å². The van der Waals surface area contributed by atoms with Crippen molar-refractivity contribution in [3.63, 3.8) is 0 Å². The van der Waals surface area contributed by atoms with Crippen LogP contribution in [0.25, 0.3) is 11.1 Å². The fraction of sp³-hybridized carbons (Fsp3) is 0.312. The number of rotatable bonds is 2. The Labute approximate surface area is 132 Å². The fourth-order valence-corrected chi connectivity index (χ4v) is 2.54. The Morgan fingerprint density at radius 3 is 2.43 bits per heavy atom. The van der Waals surface area contributed by atoms with E-state index in [2.05, 4.69) is 9.97 Å². The first-order valence-electron chi connectivity index (χ1n) is 7.30. The molecule has 0 saturated carbocycles. The van der Waals surface area contributed by atoms with Gasteiger partial charge in [-0.1, -0.05) is 12.1 Å². The molecule has 0 aliphatic carbocycles. The molecular weight excluding hydrogens is 302 g/mol. The first kappa shape index (κ1) is 15.3. The summed E-state index contributed by atoms with van der Waals surface area (Å²) in [4.78, 5) is 21.8. The second-order valence-electron chi connectivity index (χ2n) is 5.56. The van der Waals surface area contributed by atoms with Crippen LogP contribution < -0.4 is 5.73 Å². The van der Waals surface area contributed by atoms with E-state index < -0.39 is 5.92 Å². The van der Waals surface area contributed by atoms with E-state index in [4.69, 9.17) is 5.73 Å². The Hall–Kier alpha value is -2.57. The predicted octanol–water partition coefficient (Wildman–Crippen LogP) is 2.60. The largest absolute Gasteiger partial charge is 0.368 e. The van der Waals surface area contributed by atoms with E-state index in [1.807, 2.05) is 6.07 Å². The predicted molar refractivity (Wildman–Crippen MR) is 82.0 cm³/mol. The van der Waals surface area contributed by atoms with Crippen LogP contribution in [-0.4, -0.2) is 39.8 Å². The highest BCUT2D eigenvalue weighted by molar-refractivity contribution is 5.95. The molecule has 120 valence electrons. The lowest BCUT2D eigenvalue weighted by Gasteiger charge is -2.31. The summed E-state index contributed by atoms with van der Waals surface area (Å²) in [6.45, 7) is 0.141. The number of carbonyl (C=O) groups excluding carboxylic acids is 1. The Balaban J connectivity index is 1.79. The summed E-state index contributed by atoms with van der Waals surface area (Å²) in [5.74, 6) is -2.73. The topological polar surface area (TPSA) is 72.1 Å². The highest BCUT2D eigenvalue weighted by Gasteiger charge is 2.35. The van der Waals surface area contributed by atoms with Crippen molar-refractivity contribution in [2.45, 2.75) is 18.8 Å². The third-order valence-corrected chi connectivity index (χ3v) is 3.90. The van der Waals surface area contributed by atoms with E-state index >= 15 is 0 Å². The molecule has 0 radical (unpaired) electrons. The van der Waals surface area contributed by atoms with Crippen LogP contribution in [0.1, 0.15) is 23.2 Å². The van der Waals surface area contributed by atoms with Crippen molar-refractivity contribution in [2.75, 3.05) is 18.8 Å². The van der Waals surface area contributed by atoms with Crippen LogP contribution in [0, 0.1) is 0 Å². The number of hydrogen-bond acceptors (Lipinski definition) is 4. The van der Waals surface area contributed by atoms with E-state index in [0.717, 1.165) is 11.1 Å². The molecule has 2 heterocycles. The molecule has 2 N–H and O–H groups in total. The minimum Gasteiger partial charge on any atom is -0.368 e. The smallest absolute Gasteiger partial charge is 0.253 e. The van der Waals surface area contributed by atoms with Crippen LogP contribution in [-0.2, 0) is 0 Å². The van der Waals surface area contributed by atoms with E-state index in [0.29, 0.717) is 5.56 Å². The number of nitrogens with two attached hydrogens (primary N) is 1. The zero-order valence-electron chi connectivity index (χ0n) is 12.4. The van der Waals surface area contributed by atoms with E-state index in [1.54, 1.807) is 30.6 Å². The lowest BCUT2D eigenvalue weighted by Crippen LogP contribution is -2.42. The number of halogens is 2. The minimum atomic E-state index is -2.67. The number of alkyl halides is 2. The molecule has 0 atom stereocenters. The third-order valence-electron chi connectivity index (χ3n) is 3.90. The van der Waals surface area contributed by atoms with Crippen LogP contribution in [0.4, 0.5) is 14.7 Å². The molecule has 5 nitrogen and oxygen atoms in total. The van der Waals surface area contributed by atoms with Gasteiger partial charge in [-0.2, -0.15) is 0 Å². The van der Waals surface area contributed by atoms with Crippen LogP contribution in [0.5, 0.6) is 0 Å². The maximum absolute atomic E-state index is 13.2. The maximum atomic E-state index is 13.2. The number of carbonyl (C=O) groups is 1. The van der Waals surface area contributed by atoms with Gasteiger partial charge in [0.05, 0.1) is 0 Å². The highest BCUT2D eigenvalue weighted by atomic mass is 19.3. The van der Waals surface area contributed by atoms with Gasteiger partial charge in [-0.15, -0.1) is 0 Å². The van der Waals surface area contributed by atoms with Gasteiger partial charge in [0.1, 0.15) is 0 Å². The van der Waals surface area contributed by atoms with Gasteiger partial charge in [0, 0.05) is 49.5 Å². The third kappa shape index (κ3) is 3.44. The number of hydrogen-bond donors (Lipinski definition) is 1. The van der Waals surface area contributed by atoms with Gasteiger partial charge in [-0.05, 0) is 17.7 Å². The molecule has 0 spiro atoms. The summed E-state index contributed by atoms with van der Waals surface area (Å²) in [5.41, 5.74) is 7.43. The lowest BCUT2D eigenvalue weighted by atomic mass is 10.0. The molecule has 23 heavy (non-hydrogen) atoms. The maximum Gasteiger partial charge on any atom is 0.253 e. The molecule has 3 rings (SSSR count). The van der Waals surface area contributed by atoms with Gasteiger partial charge in [-0.3, -0.25) is 4.79 Å². The molecule has 1 aromatic carbocycles. The van der Waals surface area contributed by atoms with Gasteiger partial charge < -0.3 is 10.6 Å². The lowest BCUT2D eigenvalue weighted by molar-refractivity contribution is -0.0494. The monoisotopic (exact) mass is 318 g/mol. The number of likely N-dealkylation sites (tertiary alicyclic amines) is 1. The van der Waals surface area contributed by atoms with Gasteiger partial charge in [0.25, 0.3) is 11.8 Å². The summed E-state index contributed by atoms with van der Waals surface area (Å²) >= 11 is 0. The summed E-state index contributed by atoms with van der Waals surface area (Å²) < 4.78 is 26.4. The number of nitrogen functional groups attached to an aromatic ring is 1. The number of piperidine rings is 1. The number of amides is 1. The normalized spacial score (nSPS) is 17.0. The highest BCUT2D eigenvalue weighted by Crippen LogP contribution is 2.28. The quantitative estimate of drug-likeness (QED) is 0.924. The number of benzene rings is 1. The molecule has 1 saturated heterocycles. The Bertz CT molecular complexity index is 708. The number of nitrogens with zero attached hydrogens (tertiary/aromatic N) is 3. The van der Waals surface area contributed by atoms with Crippen LogP contribution in [0.2, 0.25) is 0 Å². The van der Waals surface area contributed by atoms with Crippen molar-refractivity contribution < 1.29 is 13.6 Å². The van der Waals surface area contributed by atoms with Crippen molar-refractivity contribution in [3.05, 3.63) is 42.2 Å². The first-order valence-corrected chi connectivity index (χ1v) is 7.30. The number of aromatic nitrogens is 2. The zero-order valence-corrected chi connectivity index (χ0v) is 12.4. The van der Waals surface area contributed by atoms with Crippen LogP contribution in [0.15, 0.2) is 36.7 Å². The molecule has 7 heteroatoms. The number of anilines is 1.